The van der Waals surface area contributed by atoms with Gasteiger partial charge in [-0.15, -0.1) is 0 Å². The van der Waals surface area contributed by atoms with Crippen LogP contribution >= 0.6 is 0 Å². The van der Waals surface area contributed by atoms with Crippen molar-refractivity contribution in [1.29, 1.82) is 0 Å². The molecule has 0 fully saturated rings. The highest BCUT2D eigenvalue weighted by molar-refractivity contribution is 5.97. The second-order valence-corrected chi connectivity index (χ2v) is 15.4. The lowest BCUT2D eigenvalue weighted by atomic mass is 9.94. The first-order valence-electron chi connectivity index (χ1n) is 19.8. The van der Waals surface area contributed by atoms with Crippen molar-refractivity contribution in [1.82, 2.24) is 31.6 Å². The number of amides is 5. The average Bonchev–Trinajstić information content (AvgIpc) is 3.59. The Hall–Kier alpha value is -5.77. The van der Waals surface area contributed by atoms with Crippen molar-refractivity contribution in [3.05, 3.63) is 71.9 Å². The quantitative estimate of drug-likeness (QED) is 0.0676. The van der Waals surface area contributed by atoms with Crippen LogP contribution in [-0.4, -0.2) is 92.9 Å². The number of carbonyl (C=O) groups excluding carboxylic acids is 5. The minimum atomic E-state index is -1.65. The molecule has 0 aliphatic heterocycles. The molecule has 10 N–H and O–H groups in total. The molecule has 16 heteroatoms. The number of rotatable bonds is 23. The molecule has 3 rings (SSSR count). The topological polar surface area (TPSA) is 262 Å². The van der Waals surface area contributed by atoms with E-state index in [1.165, 1.54) is 0 Å². The fourth-order valence-corrected chi connectivity index (χ4v) is 6.48. The van der Waals surface area contributed by atoms with Crippen LogP contribution in [0.4, 0.5) is 0 Å². The normalized spacial score (nSPS) is 15.4. The number of hydrogen-bond donors (Lipinski definition) is 9. The van der Waals surface area contributed by atoms with E-state index in [4.69, 9.17) is 5.73 Å². The monoisotopic (exact) mass is 805 g/mol. The predicted octanol–water partition coefficient (Wildman–Crippen LogP) is 2.40. The second kappa shape index (κ2) is 22.2. The van der Waals surface area contributed by atoms with Crippen molar-refractivity contribution >= 4 is 52.4 Å². The van der Waals surface area contributed by atoms with Crippen LogP contribution in [0, 0.1) is 17.8 Å². The van der Waals surface area contributed by atoms with Gasteiger partial charge in [-0.3, -0.25) is 28.8 Å². The van der Waals surface area contributed by atoms with Crippen LogP contribution < -0.4 is 32.3 Å². The van der Waals surface area contributed by atoms with E-state index in [1.54, 1.807) is 33.9 Å². The maximum Gasteiger partial charge on any atom is 0.326 e. The number of fused-ring (bicyclic) bond motifs is 1. The number of aromatic amines is 1. The molecule has 16 nitrogen and oxygen atoms in total. The van der Waals surface area contributed by atoms with Crippen molar-refractivity contribution in [3.63, 3.8) is 0 Å². The fraction of sp³-hybridized carbons (Fsp3) is 0.500. The summed E-state index contributed by atoms with van der Waals surface area (Å²) in [4.78, 5) is 95.6. The lowest BCUT2D eigenvalue weighted by Crippen LogP contribution is -2.61. The molecule has 0 bridgehead atoms. The molecular weight excluding hydrogens is 747 g/mol. The molecular formula is C42H59N7O9. The Bertz CT molecular complexity index is 1880. The Morgan fingerprint density at radius 2 is 1.16 bits per heavy atom. The third kappa shape index (κ3) is 13.7. The molecule has 0 unspecified atom stereocenters. The average molecular weight is 806 g/mol. The number of H-pyrrole nitrogens is 1. The van der Waals surface area contributed by atoms with Gasteiger partial charge in [-0.2, -0.15) is 0 Å². The molecule has 316 valence electrons. The minimum Gasteiger partial charge on any atom is -0.481 e. The zero-order chi connectivity index (χ0) is 43.1. The van der Waals surface area contributed by atoms with Crippen LogP contribution in [0.25, 0.3) is 10.9 Å². The Labute approximate surface area is 338 Å². The van der Waals surface area contributed by atoms with Crippen molar-refractivity contribution < 1.29 is 43.8 Å². The van der Waals surface area contributed by atoms with Gasteiger partial charge in [0.15, 0.2) is 0 Å². The summed E-state index contributed by atoms with van der Waals surface area (Å²) in [6.45, 7) is 10.6. The summed E-state index contributed by atoms with van der Waals surface area (Å²) in [5, 5.41) is 33.5. The molecule has 2 aromatic carbocycles. The van der Waals surface area contributed by atoms with Gasteiger partial charge >= 0.3 is 11.9 Å². The molecule has 3 aromatic rings. The zero-order valence-electron chi connectivity index (χ0n) is 34.0. The van der Waals surface area contributed by atoms with Crippen molar-refractivity contribution in [2.75, 3.05) is 0 Å². The Morgan fingerprint density at radius 1 is 0.638 bits per heavy atom. The Kier molecular flexibility index (Phi) is 17.9. The minimum absolute atomic E-state index is 0.0311. The number of aromatic nitrogens is 1. The lowest BCUT2D eigenvalue weighted by Gasteiger charge is -2.30. The van der Waals surface area contributed by atoms with Gasteiger partial charge in [0.2, 0.25) is 29.5 Å². The van der Waals surface area contributed by atoms with Crippen molar-refractivity contribution in [3.8, 4) is 0 Å². The van der Waals surface area contributed by atoms with E-state index in [1.807, 2.05) is 68.4 Å². The van der Waals surface area contributed by atoms with Gasteiger partial charge < -0.3 is 47.5 Å². The molecule has 0 radical (unpaired) electrons. The second-order valence-electron chi connectivity index (χ2n) is 15.4. The molecule has 0 saturated heterocycles. The highest BCUT2D eigenvalue weighted by atomic mass is 16.4. The van der Waals surface area contributed by atoms with E-state index in [9.17, 15) is 43.8 Å². The van der Waals surface area contributed by atoms with Gasteiger partial charge in [-0.05, 0) is 47.8 Å². The Balaban J connectivity index is 1.78. The number of carboxylic acid groups (broad SMARTS) is 2. The van der Waals surface area contributed by atoms with Gasteiger partial charge in [-0.25, -0.2) is 4.79 Å². The van der Waals surface area contributed by atoms with Crippen LogP contribution in [0.1, 0.15) is 78.4 Å². The SMILES string of the molecule is CC[C@H](C)[C@H](NC(=O)[C@H](CC(=O)O)NC(=O)[C@H](CC(C)C)NC(=O)[C@@H](N)Cc1ccccc1)C(=O)N[C@H](C(=O)N[C@@H](Cc1c[nH]c2ccccc12)C(=O)O)[C@@H](C)CC. The van der Waals surface area contributed by atoms with Gasteiger partial charge in [0.05, 0.1) is 12.5 Å². The molecule has 5 amide bonds. The van der Waals surface area contributed by atoms with E-state index >= 15 is 0 Å². The first-order valence-corrected chi connectivity index (χ1v) is 19.8. The third-order valence-electron chi connectivity index (χ3n) is 10.3. The number of para-hydroxylation sites is 1. The number of aliphatic carboxylic acids is 2. The van der Waals surface area contributed by atoms with E-state index in [-0.39, 0.29) is 25.2 Å². The fourth-order valence-electron chi connectivity index (χ4n) is 6.48. The molecule has 1 aromatic heterocycles. The summed E-state index contributed by atoms with van der Waals surface area (Å²) in [6, 6.07) is 8.81. The number of nitrogens with one attached hydrogen (secondary N) is 6. The third-order valence-corrected chi connectivity index (χ3v) is 10.3. The van der Waals surface area contributed by atoms with Crippen molar-refractivity contribution in [2.45, 2.75) is 116 Å². The van der Waals surface area contributed by atoms with Crippen LogP contribution in [0.5, 0.6) is 0 Å². The van der Waals surface area contributed by atoms with Gasteiger partial charge in [0, 0.05) is 23.5 Å². The zero-order valence-corrected chi connectivity index (χ0v) is 34.0. The van der Waals surface area contributed by atoms with E-state index in [0.717, 1.165) is 16.5 Å². The number of benzene rings is 2. The molecule has 1 heterocycles. The van der Waals surface area contributed by atoms with Gasteiger partial charge in [0.1, 0.15) is 30.2 Å². The number of carboxylic acids is 2. The molecule has 0 saturated carbocycles. The first-order chi connectivity index (χ1) is 27.4. The largest absolute Gasteiger partial charge is 0.481 e. The predicted molar refractivity (Wildman–Crippen MR) is 218 cm³/mol. The van der Waals surface area contributed by atoms with Crippen LogP contribution in [-0.2, 0) is 46.4 Å². The van der Waals surface area contributed by atoms with E-state index in [2.05, 4.69) is 31.6 Å². The van der Waals surface area contributed by atoms with Crippen LogP contribution in [0.2, 0.25) is 0 Å². The van der Waals surface area contributed by atoms with E-state index in [0.29, 0.717) is 18.4 Å². The number of nitrogens with two attached hydrogens (primary N) is 1. The number of carbonyl (C=O) groups is 7. The molecule has 0 spiro atoms. The number of hydrogen-bond acceptors (Lipinski definition) is 8. The van der Waals surface area contributed by atoms with Crippen LogP contribution in [0.3, 0.4) is 0 Å². The highest BCUT2D eigenvalue weighted by Crippen LogP contribution is 2.20. The van der Waals surface area contributed by atoms with Gasteiger partial charge in [-0.1, -0.05) is 103 Å². The lowest BCUT2D eigenvalue weighted by molar-refractivity contribution is -0.142. The summed E-state index contributed by atoms with van der Waals surface area (Å²) in [6.07, 6.45) is 1.98. The molecule has 0 aliphatic carbocycles. The smallest absolute Gasteiger partial charge is 0.326 e. The van der Waals surface area contributed by atoms with Crippen molar-refractivity contribution in [2.24, 2.45) is 23.5 Å². The molecule has 0 aliphatic rings. The summed E-state index contributed by atoms with van der Waals surface area (Å²) >= 11 is 0. The van der Waals surface area contributed by atoms with E-state index < -0.39 is 96.0 Å². The maximum absolute atomic E-state index is 14.0. The Morgan fingerprint density at radius 3 is 1.72 bits per heavy atom. The molecule has 8 atom stereocenters. The van der Waals surface area contributed by atoms with Crippen LogP contribution in [0.15, 0.2) is 60.8 Å². The summed E-state index contributed by atoms with van der Waals surface area (Å²) in [5.74, 6) is -7.65. The summed E-state index contributed by atoms with van der Waals surface area (Å²) in [7, 11) is 0. The molecule has 58 heavy (non-hydrogen) atoms. The first kappa shape index (κ1) is 46.6. The maximum atomic E-state index is 14.0. The van der Waals surface area contributed by atoms with Gasteiger partial charge in [0.25, 0.3) is 0 Å². The highest BCUT2D eigenvalue weighted by Gasteiger charge is 2.36. The summed E-state index contributed by atoms with van der Waals surface area (Å²) < 4.78 is 0. The summed E-state index contributed by atoms with van der Waals surface area (Å²) in [5.41, 5.74) is 8.46. The standard InChI is InChI=1S/C42H59N7O9/c1-7-24(5)35(40(55)47-33(42(57)58)20-27-22-44-30-17-13-12-16-28(27)30)49-41(56)36(25(6)8-2)48-39(54)32(21-34(50)51)46-38(53)31(18-23(3)4)45-37(52)29(43)19-26-14-10-9-11-15-26/h9-17,22-25,29,31-33,35-36,44H,7-8,18-21,43H2,1-6H3,(H,45,52)(H,46,53)(H,47,55)(H,48,54)(H,49,56)(H,50,51)(H,57,58)/t24-,25-,29-,31-,32-,33-,35-,36-/m0/s1.